The molecular formula is C36H52N6O16S2. The summed E-state index contributed by atoms with van der Waals surface area (Å²) in [4.78, 5) is 120. The molecule has 0 aliphatic heterocycles. The van der Waals surface area contributed by atoms with Crippen molar-refractivity contribution in [3.05, 3.63) is 35.4 Å². The van der Waals surface area contributed by atoms with Crippen LogP contribution in [0, 0.1) is 5.92 Å². The zero-order valence-electron chi connectivity index (χ0n) is 32.8. The highest BCUT2D eigenvalue weighted by atomic mass is 33.1. The van der Waals surface area contributed by atoms with Gasteiger partial charge in [-0.3, -0.25) is 28.8 Å². The van der Waals surface area contributed by atoms with Gasteiger partial charge in [0.05, 0.1) is 37.8 Å². The number of aliphatic carboxylic acids is 5. The summed E-state index contributed by atoms with van der Waals surface area (Å²) in [5.41, 5.74) is 1.09. The van der Waals surface area contributed by atoms with Gasteiger partial charge < -0.3 is 62.2 Å². The number of urea groups is 2. The van der Waals surface area contributed by atoms with Crippen LogP contribution in [0.4, 0.5) is 9.59 Å². The highest BCUT2D eigenvalue weighted by Gasteiger charge is 2.32. The van der Waals surface area contributed by atoms with Gasteiger partial charge in [-0.2, -0.15) is 0 Å². The number of carboxylic acid groups (broad SMARTS) is 5. The van der Waals surface area contributed by atoms with Crippen LogP contribution >= 0.6 is 21.6 Å². The summed E-state index contributed by atoms with van der Waals surface area (Å²) < 4.78 is 4.91. The number of carbonyl (C=O) groups excluding carboxylic acids is 5. The maximum absolute atomic E-state index is 13.2. The third kappa shape index (κ3) is 24.3. The fourth-order valence-electron chi connectivity index (χ4n) is 5.06. The van der Waals surface area contributed by atoms with Crippen molar-refractivity contribution in [2.75, 3.05) is 38.3 Å². The summed E-state index contributed by atoms with van der Waals surface area (Å²) in [6.45, 7) is 0.759. The van der Waals surface area contributed by atoms with Crippen molar-refractivity contribution in [1.29, 1.82) is 0 Å². The largest absolute Gasteiger partial charge is 0.481 e. The molecule has 0 saturated carbocycles. The van der Waals surface area contributed by atoms with Gasteiger partial charge in [0, 0.05) is 51.1 Å². The van der Waals surface area contributed by atoms with E-state index in [9.17, 15) is 68.4 Å². The van der Waals surface area contributed by atoms with Crippen LogP contribution in [0.5, 0.6) is 0 Å². The predicted molar refractivity (Wildman–Crippen MR) is 215 cm³/mol. The maximum Gasteiger partial charge on any atom is 0.327 e. The number of hydrogen-bond acceptors (Lipinski definition) is 13. The first-order valence-corrected chi connectivity index (χ1v) is 21.0. The van der Waals surface area contributed by atoms with E-state index in [0.717, 1.165) is 10.8 Å². The van der Waals surface area contributed by atoms with Crippen LogP contribution in [0.1, 0.15) is 62.5 Å². The Morgan fingerprint density at radius 2 is 1.25 bits per heavy atom. The molecule has 0 fully saturated rings. The fraction of sp³-hybridized carbons (Fsp3) is 0.556. The molecule has 60 heavy (non-hydrogen) atoms. The normalized spacial score (nSPS) is 12.7. The lowest BCUT2D eigenvalue weighted by molar-refractivity contribution is -0.145. The van der Waals surface area contributed by atoms with E-state index in [1.54, 1.807) is 24.3 Å². The number of ether oxygens (including phenoxy) is 1. The zero-order valence-corrected chi connectivity index (χ0v) is 34.4. The van der Waals surface area contributed by atoms with Gasteiger partial charge >= 0.3 is 41.9 Å². The first-order valence-electron chi connectivity index (χ1n) is 18.5. The molecule has 1 aromatic carbocycles. The molecule has 1 aromatic rings. The highest BCUT2D eigenvalue weighted by molar-refractivity contribution is 8.76. The second kappa shape index (κ2) is 29.6. The number of benzene rings is 1. The Bertz CT molecular complexity index is 1630. The number of hydrogen-bond donors (Lipinski definition) is 11. The SMILES string of the molecule is COCCSSC[C@H](NC(=O)[C@H](CC(=O)O)CC(=O)[C@H](CC(=O)O)NC(=O)Cc1ccc(CNC(=O)NCCCC[C@H](NC(=O)NCCCC(=O)O)C(=O)O)cc1)C(=O)O. The first-order chi connectivity index (χ1) is 28.4. The molecule has 11 N–H and O–H groups in total. The second-order valence-electron chi connectivity index (χ2n) is 13.1. The van der Waals surface area contributed by atoms with Crippen LogP contribution in [0.15, 0.2) is 24.3 Å². The molecule has 0 aliphatic rings. The minimum atomic E-state index is -1.63. The van der Waals surface area contributed by atoms with E-state index in [4.69, 9.17) is 9.84 Å². The summed E-state index contributed by atoms with van der Waals surface area (Å²) in [5.74, 6) is -10.4. The molecule has 1 rings (SSSR count). The Morgan fingerprint density at radius 3 is 1.85 bits per heavy atom. The van der Waals surface area contributed by atoms with E-state index in [-0.39, 0.29) is 51.1 Å². The maximum atomic E-state index is 13.2. The van der Waals surface area contributed by atoms with Gasteiger partial charge in [0.25, 0.3) is 0 Å². The van der Waals surface area contributed by atoms with E-state index < -0.39 is 103 Å². The van der Waals surface area contributed by atoms with Crippen molar-refractivity contribution in [1.82, 2.24) is 31.9 Å². The first kappa shape index (κ1) is 52.4. The lowest BCUT2D eigenvalue weighted by Gasteiger charge is -2.21. The predicted octanol–water partition coefficient (Wildman–Crippen LogP) is 0.423. The van der Waals surface area contributed by atoms with E-state index in [1.807, 2.05) is 0 Å². The standard InChI is InChI=1S/C36H52N6O16S2/c1-58-13-14-59-60-20-26(34(54)55)41-32(51)23(17-30(47)48)16-27(43)25(18-31(49)50)40-28(44)15-21-7-9-22(10-8-21)19-39-35(56)37-11-3-2-5-24(33(52)53)42-36(57)38-12-4-6-29(45)46/h7-10,23-26H,2-6,11-20H2,1H3,(H,40,44)(H,41,51)(H,45,46)(H,47,48)(H,49,50)(H,52,53)(H,54,55)(H2,37,39,56)(H2,38,42,57)/t23-,24-,25-,26-/m0/s1. The number of nitrogens with one attached hydrogen (secondary N) is 6. The van der Waals surface area contributed by atoms with E-state index in [1.165, 1.54) is 17.9 Å². The van der Waals surface area contributed by atoms with E-state index in [0.29, 0.717) is 36.3 Å². The van der Waals surface area contributed by atoms with Crippen molar-refractivity contribution < 1.29 is 78.2 Å². The van der Waals surface area contributed by atoms with Crippen LogP contribution < -0.4 is 31.9 Å². The van der Waals surface area contributed by atoms with Crippen LogP contribution in [0.2, 0.25) is 0 Å². The van der Waals surface area contributed by atoms with Crippen molar-refractivity contribution >= 4 is 81.1 Å². The molecule has 0 heterocycles. The number of Topliss-reactive ketones (excluding diaryl/α,β-unsaturated/α-hetero) is 1. The third-order valence-electron chi connectivity index (χ3n) is 8.15. The Balaban J connectivity index is 2.64. The molecule has 0 aliphatic carbocycles. The molecule has 0 aromatic heterocycles. The number of ketones is 1. The molecule has 22 nitrogen and oxygen atoms in total. The lowest BCUT2D eigenvalue weighted by atomic mass is 9.93. The van der Waals surface area contributed by atoms with Crippen molar-refractivity contribution in [2.24, 2.45) is 5.92 Å². The molecule has 0 saturated heterocycles. The lowest BCUT2D eigenvalue weighted by Crippen LogP contribution is -2.48. The van der Waals surface area contributed by atoms with Crippen molar-refractivity contribution in [3.63, 3.8) is 0 Å². The van der Waals surface area contributed by atoms with Gasteiger partial charge in [0.1, 0.15) is 12.1 Å². The molecular weight excluding hydrogens is 837 g/mol. The number of carboxylic acids is 5. The Kier molecular flexibility index (Phi) is 25.8. The molecule has 0 unspecified atom stereocenters. The van der Waals surface area contributed by atoms with Gasteiger partial charge in [-0.1, -0.05) is 45.9 Å². The number of methoxy groups -OCH3 is 1. The minimum Gasteiger partial charge on any atom is -0.481 e. The van der Waals surface area contributed by atoms with E-state index in [2.05, 4.69) is 31.9 Å². The monoisotopic (exact) mass is 888 g/mol. The molecule has 0 radical (unpaired) electrons. The van der Waals surface area contributed by atoms with Crippen LogP contribution in [0.3, 0.4) is 0 Å². The second-order valence-corrected chi connectivity index (χ2v) is 15.7. The van der Waals surface area contributed by atoms with E-state index >= 15 is 0 Å². The van der Waals surface area contributed by atoms with Crippen molar-refractivity contribution in [3.8, 4) is 0 Å². The average molecular weight is 889 g/mol. The molecule has 0 bridgehead atoms. The Morgan fingerprint density at radius 1 is 0.633 bits per heavy atom. The third-order valence-corrected chi connectivity index (χ3v) is 10.5. The highest BCUT2D eigenvalue weighted by Crippen LogP contribution is 2.22. The quantitative estimate of drug-likeness (QED) is 0.0345. The topological polar surface area (TPSA) is 353 Å². The van der Waals surface area contributed by atoms with Gasteiger partial charge in [-0.15, -0.1) is 0 Å². The van der Waals surface area contributed by atoms with Crippen molar-refractivity contribution in [2.45, 2.75) is 82.5 Å². The average Bonchev–Trinajstić information content (AvgIpc) is 3.16. The van der Waals surface area contributed by atoms with Gasteiger partial charge in [-0.25, -0.2) is 19.2 Å². The van der Waals surface area contributed by atoms with Crippen LogP contribution in [0.25, 0.3) is 0 Å². The zero-order chi connectivity index (χ0) is 45.0. The summed E-state index contributed by atoms with van der Waals surface area (Å²) in [5, 5.41) is 60.8. The summed E-state index contributed by atoms with van der Waals surface area (Å²) in [6.07, 6.45) is -1.96. The van der Waals surface area contributed by atoms with Gasteiger partial charge in [0.2, 0.25) is 11.8 Å². The Labute approximate surface area is 352 Å². The van der Waals surface area contributed by atoms with Crippen LogP contribution in [-0.4, -0.2) is 141 Å². The number of amides is 6. The fourth-order valence-corrected chi connectivity index (χ4v) is 7.13. The molecule has 6 amide bonds. The minimum absolute atomic E-state index is 0.0633. The molecule has 0 spiro atoms. The summed E-state index contributed by atoms with van der Waals surface area (Å²) >= 11 is 0. The van der Waals surface area contributed by atoms with Gasteiger partial charge in [-0.05, 0) is 36.8 Å². The number of unbranched alkanes of at least 4 members (excludes halogenated alkanes) is 1. The molecule has 334 valence electrons. The number of rotatable bonds is 32. The smallest absolute Gasteiger partial charge is 0.327 e. The summed E-state index contributed by atoms with van der Waals surface area (Å²) in [7, 11) is 3.93. The Hall–Kier alpha value is -5.62. The molecule has 24 heteroatoms. The number of carbonyl (C=O) groups is 10. The molecule has 4 atom stereocenters. The summed E-state index contributed by atoms with van der Waals surface area (Å²) in [6, 6.07) is 0.860. The van der Waals surface area contributed by atoms with Crippen LogP contribution in [-0.2, 0) is 56.1 Å². The van der Waals surface area contributed by atoms with Gasteiger partial charge in [0.15, 0.2) is 5.78 Å².